The highest BCUT2D eigenvalue weighted by Crippen LogP contribution is 2.21. The molecule has 0 amide bonds. The second-order valence-electron chi connectivity index (χ2n) is 7.94. The average Bonchev–Trinajstić information content (AvgIpc) is 2.71. The number of ether oxygens (including phenoxy) is 2. The van der Waals surface area contributed by atoms with Crippen molar-refractivity contribution in [2.24, 2.45) is 10.9 Å². The van der Waals surface area contributed by atoms with Gasteiger partial charge in [0, 0.05) is 58.6 Å². The number of nitrogens with zero attached hydrogens (tertiary/aromatic N) is 2. The lowest BCUT2D eigenvalue weighted by Crippen LogP contribution is -2.43. The van der Waals surface area contributed by atoms with Gasteiger partial charge < -0.3 is 25.0 Å². The van der Waals surface area contributed by atoms with Crippen molar-refractivity contribution in [2.45, 2.75) is 64.3 Å². The molecule has 6 heteroatoms. The molecule has 2 fully saturated rings. The topological polar surface area (TPSA) is 58.1 Å². The van der Waals surface area contributed by atoms with Crippen LogP contribution in [-0.2, 0) is 9.47 Å². The van der Waals surface area contributed by atoms with Crippen LogP contribution in [0.3, 0.4) is 0 Å². The van der Waals surface area contributed by atoms with E-state index < -0.39 is 0 Å². The lowest BCUT2D eigenvalue weighted by molar-refractivity contribution is 0.0205. The molecule has 0 bridgehead atoms. The molecule has 0 unspecified atom stereocenters. The van der Waals surface area contributed by atoms with Gasteiger partial charge in [0.1, 0.15) is 0 Å². The molecule has 1 heterocycles. The zero-order valence-electron chi connectivity index (χ0n) is 17.7. The zero-order chi connectivity index (χ0) is 19.2. The van der Waals surface area contributed by atoms with Crippen LogP contribution in [0.1, 0.15) is 58.3 Å². The van der Waals surface area contributed by atoms with E-state index in [0.717, 1.165) is 83.9 Å². The summed E-state index contributed by atoms with van der Waals surface area (Å²) in [6, 6.07) is 0.771. The van der Waals surface area contributed by atoms with E-state index in [1.54, 1.807) is 0 Å². The molecule has 0 aromatic rings. The number of hydrogen-bond acceptors (Lipinski definition) is 4. The van der Waals surface area contributed by atoms with E-state index in [1.165, 1.54) is 32.1 Å². The first-order valence-corrected chi connectivity index (χ1v) is 11.2. The van der Waals surface area contributed by atoms with Crippen molar-refractivity contribution in [1.29, 1.82) is 0 Å². The fourth-order valence-corrected chi connectivity index (χ4v) is 3.92. The largest absolute Gasteiger partial charge is 0.381 e. The number of hydrogen-bond donors (Lipinski definition) is 2. The van der Waals surface area contributed by atoms with Gasteiger partial charge in [0.05, 0.1) is 0 Å². The van der Waals surface area contributed by atoms with Gasteiger partial charge in [0.15, 0.2) is 5.96 Å². The van der Waals surface area contributed by atoms with Crippen LogP contribution in [-0.4, -0.2) is 76.6 Å². The third-order valence-electron chi connectivity index (χ3n) is 5.71. The lowest BCUT2D eigenvalue weighted by Gasteiger charge is -2.31. The fourth-order valence-electron chi connectivity index (χ4n) is 3.92. The minimum atomic E-state index is 0.683. The van der Waals surface area contributed by atoms with Gasteiger partial charge in [-0.2, -0.15) is 0 Å². The Morgan fingerprint density at radius 2 is 1.89 bits per heavy atom. The predicted octanol–water partition coefficient (Wildman–Crippen LogP) is 2.64. The summed E-state index contributed by atoms with van der Waals surface area (Å²) in [5.74, 6) is 1.61. The molecule has 2 N–H and O–H groups in total. The van der Waals surface area contributed by atoms with Crippen molar-refractivity contribution in [3.63, 3.8) is 0 Å². The van der Waals surface area contributed by atoms with Crippen LogP contribution >= 0.6 is 0 Å². The van der Waals surface area contributed by atoms with Gasteiger partial charge in [-0.05, 0) is 52.0 Å². The summed E-state index contributed by atoms with van der Waals surface area (Å²) in [6.45, 7) is 9.29. The van der Waals surface area contributed by atoms with Crippen molar-refractivity contribution in [2.75, 3.05) is 59.7 Å². The van der Waals surface area contributed by atoms with Gasteiger partial charge in [0.25, 0.3) is 0 Å². The fraction of sp³-hybridized carbons (Fsp3) is 0.952. The summed E-state index contributed by atoms with van der Waals surface area (Å²) >= 11 is 0. The van der Waals surface area contributed by atoms with Crippen LogP contribution in [0, 0.1) is 5.92 Å². The minimum absolute atomic E-state index is 0.683. The Bertz CT molecular complexity index is 394. The summed E-state index contributed by atoms with van der Waals surface area (Å²) in [5, 5.41) is 6.82. The summed E-state index contributed by atoms with van der Waals surface area (Å²) in [6.07, 6.45) is 10.2. The quantitative estimate of drug-likeness (QED) is 0.327. The third kappa shape index (κ3) is 9.77. The van der Waals surface area contributed by atoms with Crippen molar-refractivity contribution in [1.82, 2.24) is 15.5 Å². The molecule has 0 atom stereocenters. The average molecular weight is 383 g/mol. The number of rotatable bonds is 11. The highest BCUT2D eigenvalue weighted by atomic mass is 16.5. The van der Waals surface area contributed by atoms with Crippen LogP contribution in [0.25, 0.3) is 0 Å². The normalized spacial score (nSPS) is 20.2. The molecular weight excluding hydrogens is 340 g/mol. The summed E-state index contributed by atoms with van der Waals surface area (Å²) in [5.41, 5.74) is 0. The maximum absolute atomic E-state index is 5.82. The Morgan fingerprint density at radius 3 is 2.63 bits per heavy atom. The molecular formula is C21H42N4O2. The van der Waals surface area contributed by atoms with Crippen LogP contribution in [0.5, 0.6) is 0 Å². The van der Waals surface area contributed by atoms with Crippen molar-refractivity contribution < 1.29 is 9.47 Å². The highest BCUT2D eigenvalue weighted by Gasteiger charge is 2.17. The Hall–Kier alpha value is -0.850. The van der Waals surface area contributed by atoms with E-state index in [9.17, 15) is 0 Å². The predicted molar refractivity (Wildman–Crippen MR) is 112 cm³/mol. The molecule has 1 saturated carbocycles. The molecule has 27 heavy (non-hydrogen) atoms. The number of aliphatic imine (C=N–C) groups is 1. The van der Waals surface area contributed by atoms with E-state index in [0.29, 0.717) is 5.92 Å². The van der Waals surface area contributed by atoms with Gasteiger partial charge in [-0.15, -0.1) is 0 Å². The first-order valence-electron chi connectivity index (χ1n) is 11.2. The number of nitrogens with one attached hydrogen (secondary N) is 2. The van der Waals surface area contributed by atoms with Crippen LogP contribution in [0.4, 0.5) is 0 Å². The van der Waals surface area contributed by atoms with Crippen molar-refractivity contribution in [3.8, 4) is 0 Å². The van der Waals surface area contributed by atoms with E-state index in [4.69, 9.17) is 9.47 Å². The van der Waals surface area contributed by atoms with Crippen molar-refractivity contribution >= 4 is 5.96 Å². The maximum Gasteiger partial charge on any atom is 0.191 e. The van der Waals surface area contributed by atoms with Crippen LogP contribution in [0.15, 0.2) is 4.99 Å². The van der Waals surface area contributed by atoms with Gasteiger partial charge in [-0.25, -0.2) is 0 Å². The lowest BCUT2D eigenvalue weighted by atomic mass is 9.94. The van der Waals surface area contributed by atoms with Gasteiger partial charge in [0.2, 0.25) is 0 Å². The standard InChI is InChI=1S/C21H42N4O2/c1-3-22-21(24-13-14-25(2)20-8-5-4-6-9-20)23-12-7-15-27-18-19-10-16-26-17-11-19/h19-20H,3-18H2,1-2H3,(H2,22,23,24). The molecule has 0 radical (unpaired) electrons. The van der Waals surface area contributed by atoms with E-state index in [2.05, 4.69) is 34.5 Å². The molecule has 0 aromatic heterocycles. The molecule has 158 valence electrons. The molecule has 1 aliphatic carbocycles. The molecule has 2 aliphatic rings. The van der Waals surface area contributed by atoms with Crippen molar-refractivity contribution in [3.05, 3.63) is 0 Å². The van der Waals surface area contributed by atoms with Gasteiger partial charge in [-0.3, -0.25) is 4.99 Å². The first kappa shape index (κ1) is 22.4. The summed E-state index contributed by atoms with van der Waals surface area (Å²) in [4.78, 5) is 7.20. The third-order valence-corrected chi connectivity index (χ3v) is 5.71. The van der Waals surface area contributed by atoms with Crippen LogP contribution in [0.2, 0.25) is 0 Å². The Balaban J connectivity index is 1.54. The summed E-state index contributed by atoms with van der Waals surface area (Å²) < 4.78 is 11.2. The number of guanidine groups is 1. The van der Waals surface area contributed by atoms with E-state index in [1.807, 2.05) is 0 Å². The molecule has 2 rings (SSSR count). The molecule has 6 nitrogen and oxygen atoms in total. The second-order valence-corrected chi connectivity index (χ2v) is 7.94. The molecule has 1 aliphatic heterocycles. The van der Waals surface area contributed by atoms with Crippen LogP contribution < -0.4 is 10.6 Å². The molecule has 1 saturated heterocycles. The molecule has 0 spiro atoms. The van der Waals surface area contributed by atoms with E-state index in [-0.39, 0.29) is 0 Å². The van der Waals surface area contributed by atoms with Gasteiger partial charge in [-0.1, -0.05) is 19.3 Å². The Kier molecular flexibility index (Phi) is 11.8. The SMILES string of the molecule is CCNC(=NCCCOCC1CCOCC1)NCCN(C)C1CCCCC1. The van der Waals surface area contributed by atoms with E-state index >= 15 is 0 Å². The monoisotopic (exact) mass is 382 g/mol. The zero-order valence-corrected chi connectivity index (χ0v) is 17.7. The Morgan fingerprint density at radius 1 is 1.11 bits per heavy atom. The summed E-state index contributed by atoms with van der Waals surface area (Å²) in [7, 11) is 2.26. The molecule has 0 aromatic carbocycles. The first-order chi connectivity index (χ1) is 13.3. The minimum Gasteiger partial charge on any atom is -0.381 e. The maximum atomic E-state index is 5.82. The van der Waals surface area contributed by atoms with Gasteiger partial charge >= 0.3 is 0 Å². The smallest absolute Gasteiger partial charge is 0.191 e. The number of likely N-dealkylation sites (N-methyl/N-ethyl adjacent to an activating group) is 1. The Labute approximate surface area is 166 Å². The second kappa shape index (κ2) is 14.2. The highest BCUT2D eigenvalue weighted by molar-refractivity contribution is 5.79.